The highest BCUT2D eigenvalue weighted by molar-refractivity contribution is 4.91. The number of unbranched alkanes of at least 4 members (excludes halogenated alkanes) is 1. The van der Waals surface area contributed by atoms with Crippen LogP contribution >= 0.6 is 0 Å². The molecule has 2 rings (SSSR count). The highest BCUT2D eigenvalue weighted by Crippen LogP contribution is 2.47. The predicted molar refractivity (Wildman–Crippen MR) is 68.5 cm³/mol. The molecule has 1 nitrogen and oxygen atoms in total. The molecule has 1 saturated heterocycles. The lowest BCUT2D eigenvalue weighted by Crippen LogP contribution is -2.43. The van der Waals surface area contributed by atoms with E-state index < -0.39 is 0 Å². The Balaban J connectivity index is 1.93. The van der Waals surface area contributed by atoms with E-state index in [2.05, 4.69) is 20.8 Å². The van der Waals surface area contributed by atoms with Crippen LogP contribution in [0.4, 0.5) is 0 Å². The van der Waals surface area contributed by atoms with E-state index in [-0.39, 0.29) is 0 Å². The Morgan fingerprint density at radius 1 is 1.31 bits per heavy atom. The first-order valence-corrected chi connectivity index (χ1v) is 7.26. The molecule has 2 aliphatic rings. The average Bonchev–Trinajstić information content (AvgIpc) is 2.26. The van der Waals surface area contributed by atoms with Gasteiger partial charge in [-0.15, -0.1) is 0 Å². The Labute approximate surface area is 101 Å². The van der Waals surface area contributed by atoms with Crippen molar-refractivity contribution in [3.8, 4) is 0 Å². The molecule has 0 aromatic carbocycles. The third kappa shape index (κ3) is 2.61. The third-order valence-corrected chi connectivity index (χ3v) is 5.02. The smallest absolute Gasteiger partial charge is 0.0611 e. The first kappa shape index (κ1) is 12.4. The van der Waals surface area contributed by atoms with Gasteiger partial charge in [-0.1, -0.05) is 33.6 Å². The van der Waals surface area contributed by atoms with Gasteiger partial charge in [-0.25, -0.2) is 0 Å². The fourth-order valence-corrected chi connectivity index (χ4v) is 3.72. The summed E-state index contributed by atoms with van der Waals surface area (Å²) in [6.07, 6.45) is 10.2. The van der Waals surface area contributed by atoms with Gasteiger partial charge >= 0.3 is 0 Å². The molecule has 4 unspecified atom stereocenters. The molecule has 2 fully saturated rings. The summed E-state index contributed by atoms with van der Waals surface area (Å²) >= 11 is 0. The Bertz CT molecular complexity index is 225. The van der Waals surface area contributed by atoms with Gasteiger partial charge in [0.1, 0.15) is 0 Å². The zero-order valence-electron chi connectivity index (χ0n) is 11.3. The van der Waals surface area contributed by atoms with Gasteiger partial charge in [0.25, 0.3) is 0 Å². The van der Waals surface area contributed by atoms with Crippen LogP contribution in [0.5, 0.6) is 0 Å². The van der Waals surface area contributed by atoms with Crippen molar-refractivity contribution in [2.45, 2.75) is 71.8 Å². The zero-order chi connectivity index (χ0) is 11.6. The Morgan fingerprint density at radius 2 is 2.12 bits per heavy atom. The van der Waals surface area contributed by atoms with E-state index in [1.807, 2.05) is 0 Å². The number of ether oxygens (including phenoxy) is 1. The second kappa shape index (κ2) is 5.08. The van der Waals surface area contributed by atoms with Crippen molar-refractivity contribution in [1.29, 1.82) is 0 Å². The van der Waals surface area contributed by atoms with Crippen molar-refractivity contribution in [2.24, 2.45) is 17.3 Å². The summed E-state index contributed by atoms with van der Waals surface area (Å²) in [5.74, 6) is 1.76. The van der Waals surface area contributed by atoms with Gasteiger partial charge in [0.2, 0.25) is 0 Å². The van der Waals surface area contributed by atoms with Gasteiger partial charge < -0.3 is 4.74 Å². The van der Waals surface area contributed by atoms with Crippen molar-refractivity contribution in [3.05, 3.63) is 0 Å². The maximum absolute atomic E-state index is 6.03. The molecule has 1 saturated carbocycles. The monoisotopic (exact) mass is 224 g/mol. The fourth-order valence-electron chi connectivity index (χ4n) is 3.72. The molecule has 1 aliphatic carbocycles. The molecule has 0 spiro atoms. The van der Waals surface area contributed by atoms with Crippen LogP contribution in [-0.2, 0) is 4.74 Å². The molecule has 16 heavy (non-hydrogen) atoms. The Hall–Kier alpha value is -0.0400. The van der Waals surface area contributed by atoms with Crippen molar-refractivity contribution in [3.63, 3.8) is 0 Å². The maximum Gasteiger partial charge on any atom is 0.0611 e. The van der Waals surface area contributed by atoms with Crippen LogP contribution in [0, 0.1) is 17.3 Å². The molecule has 0 amide bonds. The lowest BCUT2D eigenvalue weighted by molar-refractivity contribution is -0.102. The number of rotatable bonds is 3. The molecule has 4 atom stereocenters. The molecule has 1 heterocycles. The number of hydrogen-bond donors (Lipinski definition) is 0. The van der Waals surface area contributed by atoms with E-state index in [4.69, 9.17) is 4.74 Å². The minimum absolute atomic E-state index is 0.578. The number of hydrogen-bond acceptors (Lipinski definition) is 1. The largest absolute Gasteiger partial charge is 0.378 e. The summed E-state index contributed by atoms with van der Waals surface area (Å²) in [7, 11) is 0. The average molecular weight is 224 g/mol. The normalized spacial score (nSPS) is 44.1. The second-order valence-corrected chi connectivity index (χ2v) is 6.50. The van der Waals surface area contributed by atoms with Gasteiger partial charge in [0, 0.05) is 6.61 Å². The summed E-state index contributed by atoms with van der Waals surface area (Å²) in [5, 5.41) is 0. The molecule has 0 radical (unpaired) electrons. The second-order valence-electron chi connectivity index (χ2n) is 6.50. The van der Waals surface area contributed by atoms with Gasteiger partial charge in [0.15, 0.2) is 0 Å². The summed E-state index contributed by atoms with van der Waals surface area (Å²) in [6, 6.07) is 0. The third-order valence-electron chi connectivity index (χ3n) is 5.02. The summed E-state index contributed by atoms with van der Waals surface area (Å²) in [5.41, 5.74) is 0.578. The van der Waals surface area contributed by atoms with Crippen molar-refractivity contribution in [1.82, 2.24) is 0 Å². The minimum atomic E-state index is 0.578. The van der Waals surface area contributed by atoms with Crippen molar-refractivity contribution < 1.29 is 4.74 Å². The first-order chi connectivity index (χ1) is 7.64. The molecule has 0 bridgehead atoms. The molecule has 0 aromatic heterocycles. The molecule has 1 heteroatoms. The van der Waals surface area contributed by atoms with Crippen LogP contribution in [-0.4, -0.2) is 12.7 Å². The standard InChI is InChI=1S/C15H28O/c1-4-5-8-15(3)9-6-13-12(2)7-10-16-14(13)11-15/h12-14H,4-11H2,1-3H3. The van der Waals surface area contributed by atoms with E-state index in [0.29, 0.717) is 11.5 Å². The van der Waals surface area contributed by atoms with Gasteiger partial charge in [-0.3, -0.25) is 0 Å². The van der Waals surface area contributed by atoms with E-state index in [1.54, 1.807) is 0 Å². The fraction of sp³-hybridized carbons (Fsp3) is 1.00. The van der Waals surface area contributed by atoms with E-state index in [9.17, 15) is 0 Å². The zero-order valence-corrected chi connectivity index (χ0v) is 11.3. The van der Waals surface area contributed by atoms with E-state index in [0.717, 1.165) is 18.4 Å². The highest BCUT2D eigenvalue weighted by Gasteiger charge is 2.41. The molecular weight excluding hydrogens is 196 g/mol. The molecular formula is C15H28O. The molecule has 0 N–H and O–H groups in total. The lowest BCUT2D eigenvalue weighted by Gasteiger charge is -2.47. The van der Waals surface area contributed by atoms with Crippen LogP contribution in [0.25, 0.3) is 0 Å². The molecule has 1 aliphatic heterocycles. The van der Waals surface area contributed by atoms with Crippen molar-refractivity contribution >= 4 is 0 Å². The SMILES string of the molecule is CCCCC1(C)CCC2C(C)CCOC2C1. The lowest BCUT2D eigenvalue weighted by atomic mass is 9.64. The molecule has 94 valence electrons. The van der Waals surface area contributed by atoms with Crippen LogP contribution in [0.3, 0.4) is 0 Å². The van der Waals surface area contributed by atoms with Crippen LogP contribution < -0.4 is 0 Å². The highest BCUT2D eigenvalue weighted by atomic mass is 16.5. The van der Waals surface area contributed by atoms with Gasteiger partial charge in [-0.05, 0) is 49.4 Å². The van der Waals surface area contributed by atoms with Gasteiger partial charge in [0.05, 0.1) is 6.10 Å². The topological polar surface area (TPSA) is 9.23 Å². The molecule has 0 aromatic rings. The van der Waals surface area contributed by atoms with Crippen LogP contribution in [0.15, 0.2) is 0 Å². The Morgan fingerprint density at radius 3 is 2.88 bits per heavy atom. The quantitative estimate of drug-likeness (QED) is 0.690. The maximum atomic E-state index is 6.03. The summed E-state index contributed by atoms with van der Waals surface area (Å²) in [4.78, 5) is 0. The van der Waals surface area contributed by atoms with Gasteiger partial charge in [-0.2, -0.15) is 0 Å². The Kier molecular flexibility index (Phi) is 3.94. The summed E-state index contributed by atoms with van der Waals surface area (Å²) in [6.45, 7) is 8.22. The van der Waals surface area contributed by atoms with Crippen LogP contribution in [0.1, 0.15) is 65.7 Å². The minimum Gasteiger partial charge on any atom is -0.378 e. The number of fused-ring (bicyclic) bond motifs is 1. The van der Waals surface area contributed by atoms with Crippen LogP contribution in [0.2, 0.25) is 0 Å². The van der Waals surface area contributed by atoms with Crippen molar-refractivity contribution in [2.75, 3.05) is 6.61 Å². The predicted octanol–water partition coefficient (Wildman–Crippen LogP) is 4.41. The summed E-state index contributed by atoms with van der Waals surface area (Å²) < 4.78 is 6.03. The van der Waals surface area contributed by atoms with E-state index >= 15 is 0 Å². The van der Waals surface area contributed by atoms with E-state index in [1.165, 1.54) is 44.9 Å². The first-order valence-electron chi connectivity index (χ1n) is 7.26.